The van der Waals surface area contributed by atoms with Crippen molar-refractivity contribution >= 4 is 23.5 Å². The average molecular weight is 767 g/mol. The van der Waals surface area contributed by atoms with Crippen molar-refractivity contribution in [2.45, 2.75) is 62.6 Å². The summed E-state index contributed by atoms with van der Waals surface area (Å²) < 4.78 is 16.0. The largest absolute Gasteiger partial charge is 0.497 e. The Bertz CT molecular complexity index is 1820. The highest BCUT2D eigenvalue weighted by atomic mass is 32.1. The number of thiophene rings is 1. The third kappa shape index (κ3) is 10.5. The van der Waals surface area contributed by atoms with Gasteiger partial charge in [-0.05, 0) is 142 Å². The summed E-state index contributed by atoms with van der Waals surface area (Å²) in [7, 11) is 13.3. The molecular formula is C47H62N2O5S. The molecular weight excluding hydrogens is 705 g/mol. The third-order valence-corrected chi connectivity index (χ3v) is 12.1. The number of methoxy groups -OCH3 is 3. The van der Waals surface area contributed by atoms with Crippen LogP contribution in [-0.4, -0.2) is 82.6 Å². The van der Waals surface area contributed by atoms with E-state index in [0.29, 0.717) is 0 Å². The summed E-state index contributed by atoms with van der Waals surface area (Å²) >= 11 is 1.66. The fourth-order valence-electron chi connectivity index (χ4n) is 8.37. The zero-order chi connectivity index (χ0) is 39.4. The molecule has 55 heavy (non-hydrogen) atoms. The summed E-state index contributed by atoms with van der Waals surface area (Å²) in [6.07, 6.45) is 12.7. The molecule has 0 saturated heterocycles. The van der Waals surface area contributed by atoms with Crippen molar-refractivity contribution in [2.75, 3.05) is 62.6 Å². The van der Waals surface area contributed by atoms with E-state index < -0.39 is 11.2 Å². The van der Waals surface area contributed by atoms with Gasteiger partial charge in [0.25, 0.3) is 0 Å². The molecule has 0 amide bonds. The van der Waals surface area contributed by atoms with Crippen LogP contribution in [0.2, 0.25) is 0 Å². The molecule has 296 valence electrons. The first kappa shape index (κ1) is 42.2. The van der Waals surface area contributed by atoms with Gasteiger partial charge in [0.1, 0.15) is 28.5 Å². The molecule has 1 heterocycles. The van der Waals surface area contributed by atoms with Gasteiger partial charge >= 0.3 is 0 Å². The Morgan fingerprint density at radius 2 is 1.11 bits per heavy atom. The molecule has 6 rings (SSSR count). The van der Waals surface area contributed by atoms with Gasteiger partial charge < -0.3 is 34.2 Å². The number of benzene rings is 3. The van der Waals surface area contributed by atoms with Crippen LogP contribution >= 0.6 is 11.3 Å². The van der Waals surface area contributed by atoms with Gasteiger partial charge in [0.05, 0.1) is 21.3 Å². The summed E-state index contributed by atoms with van der Waals surface area (Å²) in [5.74, 6) is 2.76. The number of hydrogen-bond acceptors (Lipinski definition) is 8. The number of aliphatic hydroxyl groups is 2. The minimum atomic E-state index is -1.03. The van der Waals surface area contributed by atoms with E-state index in [1.54, 1.807) is 32.7 Å². The Labute approximate surface area is 333 Å². The first-order valence-corrected chi connectivity index (χ1v) is 20.5. The van der Waals surface area contributed by atoms with Gasteiger partial charge in [0.15, 0.2) is 0 Å². The molecule has 0 spiro atoms. The maximum absolute atomic E-state index is 12.3. The maximum atomic E-state index is 12.3. The molecule has 4 atom stereocenters. The molecule has 4 aromatic rings. The lowest BCUT2D eigenvalue weighted by Crippen LogP contribution is -2.41. The minimum absolute atomic E-state index is 0.108. The van der Waals surface area contributed by atoms with Crippen LogP contribution < -0.4 is 14.2 Å². The molecule has 2 fully saturated rings. The van der Waals surface area contributed by atoms with Crippen LogP contribution in [0.1, 0.15) is 72.9 Å². The van der Waals surface area contributed by atoms with Crippen LogP contribution in [0.25, 0.3) is 12.2 Å². The molecule has 1 aromatic heterocycles. The Balaban J connectivity index is 0.000000212. The maximum Gasteiger partial charge on any atom is 0.124 e. The third-order valence-electron chi connectivity index (χ3n) is 11.1. The number of ether oxygens (including phenoxy) is 3. The second-order valence-corrected chi connectivity index (χ2v) is 16.5. The summed E-state index contributed by atoms with van der Waals surface area (Å²) in [6.45, 7) is 1.71. The lowest BCUT2D eigenvalue weighted by Gasteiger charge is -2.39. The highest BCUT2D eigenvalue weighted by Gasteiger charge is 2.44. The molecule has 8 heteroatoms. The van der Waals surface area contributed by atoms with Crippen molar-refractivity contribution < 1.29 is 24.4 Å². The standard InChI is InChI=1S/C25H33NO3.C22H29NO2S/c1-26(2)18-22-9-6-5-8-20(16-19-12-14-23(28-3)15-13-19)25(22,27)21-10-7-11-24(17-21)29-4;1-23(2)16-19-8-5-4-7-18(22(19,24)21-9-6-14-26-21)15-17-10-12-20(25-3)13-11-17/h7,10-17,22,27H,5-6,8-9,18H2,1-4H3;6,9-15,19,24H,4-5,7-8,16H2,1-3H3. The first-order valence-electron chi connectivity index (χ1n) is 19.6. The van der Waals surface area contributed by atoms with Crippen LogP contribution in [0.15, 0.2) is 101 Å². The fraction of sp³-hybridized carbons (Fsp3) is 0.447. The lowest BCUT2D eigenvalue weighted by atomic mass is 9.74. The molecule has 7 nitrogen and oxygen atoms in total. The quantitative estimate of drug-likeness (QED) is 0.147. The molecule has 4 unspecified atom stereocenters. The van der Waals surface area contributed by atoms with Gasteiger partial charge in [-0.3, -0.25) is 0 Å². The van der Waals surface area contributed by atoms with Crippen LogP contribution in [0.4, 0.5) is 0 Å². The Morgan fingerprint density at radius 3 is 1.56 bits per heavy atom. The normalized spacial score (nSPS) is 24.6. The van der Waals surface area contributed by atoms with Gasteiger partial charge in [-0.15, -0.1) is 11.3 Å². The van der Waals surface area contributed by atoms with Crippen LogP contribution in [0.3, 0.4) is 0 Å². The minimum Gasteiger partial charge on any atom is -0.497 e. The van der Waals surface area contributed by atoms with E-state index in [2.05, 4.69) is 73.7 Å². The van der Waals surface area contributed by atoms with E-state index >= 15 is 0 Å². The van der Waals surface area contributed by atoms with Crippen LogP contribution in [0, 0.1) is 11.8 Å². The van der Waals surface area contributed by atoms with Crippen molar-refractivity contribution in [1.29, 1.82) is 0 Å². The molecule has 2 aliphatic rings. The summed E-state index contributed by atoms with van der Waals surface area (Å²) in [5.41, 5.74) is 3.37. The van der Waals surface area contributed by atoms with E-state index in [1.165, 1.54) is 0 Å². The molecule has 2 saturated carbocycles. The van der Waals surface area contributed by atoms with E-state index in [-0.39, 0.29) is 11.8 Å². The zero-order valence-corrected chi connectivity index (χ0v) is 34.8. The van der Waals surface area contributed by atoms with Gasteiger partial charge in [0.2, 0.25) is 0 Å². The van der Waals surface area contributed by atoms with Gasteiger partial charge in [-0.25, -0.2) is 0 Å². The molecule has 0 radical (unpaired) electrons. The number of rotatable bonds is 11. The molecule has 0 bridgehead atoms. The highest BCUT2D eigenvalue weighted by molar-refractivity contribution is 7.10. The molecule has 0 aliphatic heterocycles. The fourth-order valence-corrected chi connectivity index (χ4v) is 9.31. The Morgan fingerprint density at radius 1 is 0.618 bits per heavy atom. The molecule has 3 aromatic carbocycles. The van der Waals surface area contributed by atoms with Gasteiger partial charge in [0, 0.05) is 29.8 Å². The highest BCUT2D eigenvalue weighted by Crippen LogP contribution is 2.48. The van der Waals surface area contributed by atoms with Crippen molar-refractivity contribution in [3.05, 3.63) is 123 Å². The smallest absolute Gasteiger partial charge is 0.124 e. The van der Waals surface area contributed by atoms with E-state index in [4.69, 9.17) is 14.2 Å². The first-order chi connectivity index (χ1) is 26.5. The number of nitrogens with zero attached hydrogens (tertiary/aromatic N) is 2. The average Bonchev–Trinajstić information content (AvgIpc) is 3.65. The number of hydrogen-bond donors (Lipinski definition) is 2. The van der Waals surface area contributed by atoms with E-state index in [1.807, 2.05) is 66.7 Å². The SMILES string of the molecule is COc1ccc(C=C2CCCCC(CN(C)C)C2(O)c2cccc(OC)c2)cc1.COc1ccc(C=C2CCCCC(CN(C)C)C2(O)c2cccs2)cc1. The Hall–Kier alpha value is -3.92. The van der Waals surface area contributed by atoms with E-state index in [9.17, 15) is 10.2 Å². The van der Waals surface area contributed by atoms with Crippen LogP contribution in [0.5, 0.6) is 17.2 Å². The van der Waals surface area contributed by atoms with Crippen molar-refractivity contribution in [3.63, 3.8) is 0 Å². The van der Waals surface area contributed by atoms with Gasteiger partial charge in [-0.1, -0.05) is 67.5 Å². The topological polar surface area (TPSA) is 74.6 Å². The summed E-state index contributed by atoms with van der Waals surface area (Å²) in [5, 5.41) is 26.4. The molecule has 2 aliphatic carbocycles. The van der Waals surface area contributed by atoms with Crippen molar-refractivity contribution in [1.82, 2.24) is 9.80 Å². The predicted molar refractivity (Wildman–Crippen MR) is 228 cm³/mol. The van der Waals surface area contributed by atoms with Crippen molar-refractivity contribution in [3.8, 4) is 17.2 Å². The summed E-state index contributed by atoms with van der Waals surface area (Å²) in [6, 6.07) is 28.1. The second kappa shape index (κ2) is 19.8. The molecule has 2 N–H and O–H groups in total. The second-order valence-electron chi connectivity index (χ2n) is 15.5. The summed E-state index contributed by atoms with van der Waals surface area (Å²) in [4.78, 5) is 5.43. The monoisotopic (exact) mass is 766 g/mol. The van der Waals surface area contributed by atoms with Crippen molar-refractivity contribution in [2.24, 2.45) is 11.8 Å². The lowest BCUT2D eigenvalue weighted by molar-refractivity contribution is 0.000328. The van der Waals surface area contributed by atoms with Gasteiger partial charge in [-0.2, -0.15) is 0 Å². The van der Waals surface area contributed by atoms with E-state index in [0.717, 1.165) is 114 Å². The Kier molecular flexibility index (Phi) is 15.2. The zero-order valence-electron chi connectivity index (χ0n) is 34.0. The van der Waals surface area contributed by atoms with Crippen LogP contribution in [-0.2, 0) is 11.2 Å². The predicted octanol–water partition coefficient (Wildman–Crippen LogP) is 9.51.